The van der Waals surface area contributed by atoms with Crippen LogP contribution in [0.2, 0.25) is 0 Å². The topological polar surface area (TPSA) is 43.9 Å². The van der Waals surface area contributed by atoms with Crippen LogP contribution >= 0.6 is 0 Å². The normalized spacial score (nSPS) is 17.3. The fourth-order valence-electron chi connectivity index (χ4n) is 4.15. The lowest BCUT2D eigenvalue weighted by Crippen LogP contribution is -2.49. The standard InChI is InChI=1S/C23H27N3O2/c1-18-6-2-3-9-21(18)24-12-14-25(15-13-24)23(28)20-8-4-7-19(16-20)17-26-11-5-10-22(26)27/h2-4,6-9,16H,5,10-15,17H2,1H3. The number of carbonyl (C=O) groups excluding carboxylic acids is 2. The lowest BCUT2D eigenvalue weighted by Gasteiger charge is -2.37. The molecular formula is C23H27N3O2. The van der Waals surface area contributed by atoms with Crippen LogP contribution in [0, 0.1) is 6.92 Å². The molecule has 0 atom stereocenters. The van der Waals surface area contributed by atoms with E-state index in [9.17, 15) is 9.59 Å². The Kier molecular flexibility index (Phi) is 5.33. The van der Waals surface area contributed by atoms with Crippen LogP contribution in [0.15, 0.2) is 48.5 Å². The van der Waals surface area contributed by atoms with Gasteiger partial charge in [0.25, 0.3) is 5.91 Å². The van der Waals surface area contributed by atoms with Crippen molar-refractivity contribution in [3.63, 3.8) is 0 Å². The number of piperazine rings is 1. The van der Waals surface area contributed by atoms with Crippen LogP contribution in [-0.4, -0.2) is 54.3 Å². The second-order valence-corrected chi connectivity index (χ2v) is 7.68. The Morgan fingerprint density at radius 3 is 2.46 bits per heavy atom. The Hall–Kier alpha value is -2.82. The van der Waals surface area contributed by atoms with E-state index < -0.39 is 0 Å². The number of benzene rings is 2. The zero-order chi connectivity index (χ0) is 19.5. The van der Waals surface area contributed by atoms with E-state index in [4.69, 9.17) is 0 Å². The Balaban J connectivity index is 1.39. The minimum atomic E-state index is 0.0824. The molecule has 0 N–H and O–H groups in total. The van der Waals surface area contributed by atoms with Gasteiger partial charge in [-0.3, -0.25) is 9.59 Å². The third-order valence-electron chi connectivity index (χ3n) is 5.74. The number of rotatable bonds is 4. The molecule has 0 unspecified atom stereocenters. The molecule has 4 rings (SSSR count). The van der Waals surface area contributed by atoms with Crippen LogP contribution in [0.1, 0.15) is 34.3 Å². The molecule has 5 nitrogen and oxygen atoms in total. The molecule has 2 amide bonds. The summed E-state index contributed by atoms with van der Waals surface area (Å²) in [6.07, 6.45) is 1.58. The van der Waals surface area contributed by atoms with E-state index in [1.807, 2.05) is 34.1 Å². The molecule has 0 spiro atoms. The van der Waals surface area contributed by atoms with Crippen LogP contribution in [0.4, 0.5) is 5.69 Å². The summed E-state index contributed by atoms with van der Waals surface area (Å²) in [5.74, 6) is 0.295. The summed E-state index contributed by atoms with van der Waals surface area (Å²) < 4.78 is 0. The molecule has 28 heavy (non-hydrogen) atoms. The lowest BCUT2D eigenvalue weighted by molar-refractivity contribution is -0.128. The molecule has 2 fully saturated rings. The number of anilines is 1. The van der Waals surface area contributed by atoms with Crippen molar-refractivity contribution >= 4 is 17.5 Å². The van der Waals surface area contributed by atoms with Crippen molar-refractivity contribution in [2.24, 2.45) is 0 Å². The first-order valence-corrected chi connectivity index (χ1v) is 10.1. The van der Waals surface area contributed by atoms with E-state index in [2.05, 4.69) is 36.1 Å². The molecule has 0 bridgehead atoms. The molecule has 2 aliphatic rings. The summed E-state index contributed by atoms with van der Waals surface area (Å²) in [7, 11) is 0. The molecule has 146 valence electrons. The minimum absolute atomic E-state index is 0.0824. The molecule has 2 aromatic carbocycles. The van der Waals surface area contributed by atoms with Crippen molar-refractivity contribution in [1.82, 2.24) is 9.80 Å². The van der Waals surface area contributed by atoms with Crippen molar-refractivity contribution in [2.45, 2.75) is 26.3 Å². The van der Waals surface area contributed by atoms with Crippen LogP contribution in [0.25, 0.3) is 0 Å². The highest BCUT2D eigenvalue weighted by molar-refractivity contribution is 5.94. The molecule has 5 heteroatoms. The molecule has 0 saturated carbocycles. The summed E-state index contributed by atoms with van der Waals surface area (Å²) in [6.45, 7) is 6.68. The second kappa shape index (κ2) is 8.05. The van der Waals surface area contributed by atoms with Gasteiger partial charge >= 0.3 is 0 Å². The van der Waals surface area contributed by atoms with E-state index in [0.717, 1.165) is 44.7 Å². The second-order valence-electron chi connectivity index (χ2n) is 7.68. The largest absolute Gasteiger partial charge is 0.368 e. The molecule has 2 heterocycles. The van der Waals surface area contributed by atoms with Crippen LogP contribution in [0.3, 0.4) is 0 Å². The third-order valence-corrected chi connectivity index (χ3v) is 5.74. The molecule has 0 aromatic heterocycles. The number of hydrogen-bond acceptors (Lipinski definition) is 3. The van der Waals surface area contributed by atoms with Crippen LogP contribution in [0.5, 0.6) is 0 Å². The summed E-state index contributed by atoms with van der Waals surface area (Å²) in [5, 5.41) is 0. The maximum absolute atomic E-state index is 13.0. The molecule has 0 aliphatic carbocycles. The minimum Gasteiger partial charge on any atom is -0.368 e. The van der Waals surface area contributed by atoms with Gasteiger partial charge in [0.1, 0.15) is 0 Å². The van der Waals surface area contributed by atoms with Gasteiger partial charge < -0.3 is 14.7 Å². The van der Waals surface area contributed by atoms with Crippen molar-refractivity contribution in [3.05, 3.63) is 65.2 Å². The number of amides is 2. The lowest BCUT2D eigenvalue weighted by atomic mass is 10.1. The molecule has 2 saturated heterocycles. The zero-order valence-electron chi connectivity index (χ0n) is 16.4. The predicted molar refractivity (Wildman–Crippen MR) is 110 cm³/mol. The monoisotopic (exact) mass is 377 g/mol. The van der Waals surface area contributed by atoms with Crippen molar-refractivity contribution in [1.29, 1.82) is 0 Å². The molecular weight excluding hydrogens is 350 g/mol. The van der Waals surface area contributed by atoms with Gasteiger partial charge in [-0.15, -0.1) is 0 Å². The maximum Gasteiger partial charge on any atom is 0.253 e. The van der Waals surface area contributed by atoms with Gasteiger partial charge in [-0.2, -0.15) is 0 Å². The number of aryl methyl sites for hydroxylation is 1. The van der Waals surface area contributed by atoms with Gasteiger partial charge in [-0.1, -0.05) is 30.3 Å². The SMILES string of the molecule is Cc1ccccc1N1CCN(C(=O)c2cccc(CN3CCCC3=O)c2)CC1. The first-order valence-electron chi connectivity index (χ1n) is 10.1. The third kappa shape index (κ3) is 3.88. The van der Waals surface area contributed by atoms with Crippen molar-refractivity contribution < 1.29 is 9.59 Å². The van der Waals surface area contributed by atoms with Crippen molar-refractivity contribution in [2.75, 3.05) is 37.6 Å². The molecule has 2 aliphatic heterocycles. The number of carbonyl (C=O) groups is 2. The highest BCUT2D eigenvalue weighted by atomic mass is 16.2. The smallest absolute Gasteiger partial charge is 0.253 e. The highest BCUT2D eigenvalue weighted by Gasteiger charge is 2.24. The first-order chi connectivity index (χ1) is 13.6. The Labute approximate surface area is 166 Å². The fraction of sp³-hybridized carbons (Fsp3) is 0.391. The van der Waals surface area contributed by atoms with Gasteiger partial charge in [-0.05, 0) is 42.7 Å². The Bertz CT molecular complexity index is 872. The zero-order valence-corrected chi connectivity index (χ0v) is 16.4. The summed E-state index contributed by atoms with van der Waals surface area (Å²) in [6, 6.07) is 16.1. The molecule has 2 aromatic rings. The van der Waals surface area contributed by atoms with Gasteiger partial charge in [-0.25, -0.2) is 0 Å². The Morgan fingerprint density at radius 1 is 0.964 bits per heavy atom. The number of likely N-dealkylation sites (tertiary alicyclic amines) is 1. The quantitative estimate of drug-likeness (QED) is 0.822. The summed E-state index contributed by atoms with van der Waals surface area (Å²) in [5.41, 5.74) is 4.27. The van der Waals surface area contributed by atoms with Gasteiger partial charge in [0.15, 0.2) is 0 Å². The van der Waals surface area contributed by atoms with Crippen LogP contribution in [-0.2, 0) is 11.3 Å². The van der Waals surface area contributed by atoms with Gasteiger partial charge in [0.2, 0.25) is 5.91 Å². The highest BCUT2D eigenvalue weighted by Crippen LogP contribution is 2.22. The van der Waals surface area contributed by atoms with Crippen LogP contribution < -0.4 is 4.90 Å². The fourth-order valence-corrected chi connectivity index (χ4v) is 4.15. The summed E-state index contributed by atoms with van der Waals surface area (Å²) in [4.78, 5) is 31.0. The maximum atomic E-state index is 13.0. The van der Waals surface area contributed by atoms with Crippen molar-refractivity contribution in [3.8, 4) is 0 Å². The van der Waals surface area contributed by atoms with E-state index in [1.165, 1.54) is 11.3 Å². The average Bonchev–Trinajstić information content (AvgIpc) is 3.13. The Morgan fingerprint density at radius 2 is 1.75 bits per heavy atom. The predicted octanol–water partition coefficient (Wildman–Crippen LogP) is 3.08. The number of hydrogen-bond donors (Lipinski definition) is 0. The summed E-state index contributed by atoms with van der Waals surface area (Å²) >= 11 is 0. The number of nitrogens with zero attached hydrogens (tertiary/aromatic N) is 3. The molecule has 0 radical (unpaired) electrons. The number of para-hydroxylation sites is 1. The average molecular weight is 377 g/mol. The van der Waals surface area contributed by atoms with E-state index in [-0.39, 0.29) is 11.8 Å². The van der Waals surface area contributed by atoms with E-state index in [1.54, 1.807) is 0 Å². The van der Waals surface area contributed by atoms with E-state index >= 15 is 0 Å². The van der Waals surface area contributed by atoms with Gasteiger partial charge in [0, 0.05) is 56.9 Å². The van der Waals surface area contributed by atoms with E-state index in [0.29, 0.717) is 18.5 Å². The first kappa shape index (κ1) is 18.5. The van der Waals surface area contributed by atoms with Gasteiger partial charge in [0.05, 0.1) is 0 Å².